The van der Waals surface area contributed by atoms with E-state index in [0.29, 0.717) is 0 Å². The van der Waals surface area contributed by atoms with Crippen molar-refractivity contribution in [2.45, 2.75) is 33.6 Å². The predicted octanol–water partition coefficient (Wildman–Crippen LogP) is 3.31. The minimum Gasteiger partial charge on any atom is -0.0958 e. The maximum absolute atomic E-state index is 3.88. The highest BCUT2D eigenvalue weighted by Gasteiger charge is 1.84. The van der Waals surface area contributed by atoms with Crippen molar-refractivity contribution in [3.63, 3.8) is 0 Å². The summed E-state index contributed by atoms with van der Waals surface area (Å²) in [6, 6.07) is 0. The number of hydrogen-bond acceptors (Lipinski definition) is 0. The van der Waals surface area contributed by atoms with Gasteiger partial charge in [0, 0.05) is 0 Å². The van der Waals surface area contributed by atoms with Crippen LogP contribution in [0.4, 0.5) is 0 Å². The molecule has 0 amide bonds. The molecule has 0 aromatic carbocycles. The van der Waals surface area contributed by atoms with Crippen LogP contribution in [0.25, 0.3) is 0 Å². The molecular formula is C9H16. The van der Waals surface area contributed by atoms with Crippen molar-refractivity contribution in [3.8, 4) is 0 Å². The van der Waals surface area contributed by atoms with Crippen LogP contribution in [0, 0.1) is 0 Å². The lowest BCUT2D eigenvalue weighted by Crippen LogP contribution is -1.74. The van der Waals surface area contributed by atoms with Crippen molar-refractivity contribution in [2.24, 2.45) is 0 Å². The van der Waals surface area contributed by atoms with E-state index in [9.17, 15) is 0 Å². The topological polar surface area (TPSA) is 0 Å². The van der Waals surface area contributed by atoms with Crippen LogP contribution in [0.2, 0.25) is 0 Å². The molecule has 0 atom stereocenters. The zero-order valence-corrected chi connectivity index (χ0v) is 6.70. The molecule has 0 aromatic rings. The lowest BCUT2D eigenvalue weighted by Gasteiger charge is -1.95. The van der Waals surface area contributed by atoms with Crippen LogP contribution >= 0.6 is 0 Å². The molecule has 0 unspecified atom stereocenters. The molecule has 0 spiro atoms. The van der Waals surface area contributed by atoms with E-state index < -0.39 is 0 Å². The quantitative estimate of drug-likeness (QED) is 0.506. The Morgan fingerprint density at radius 3 is 2.22 bits per heavy atom. The standard InChI is InChI=1S/C9H16/c1-5-8(3)7-9(4)6-2/h7H,3,5-6H2,1-2,4H3. The van der Waals surface area contributed by atoms with Gasteiger partial charge in [0.15, 0.2) is 0 Å². The van der Waals surface area contributed by atoms with Crippen LogP contribution in [0.3, 0.4) is 0 Å². The van der Waals surface area contributed by atoms with Gasteiger partial charge in [-0.25, -0.2) is 0 Å². The van der Waals surface area contributed by atoms with Gasteiger partial charge in [-0.2, -0.15) is 0 Å². The molecule has 0 bridgehead atoms. The molecular weight excluding hydrogens is 108 g/mol. The van der Waals surface area contributed by atoms with Crippen LogP contribution in [0.1, 0.15) is 33.6 Å². The molecule has 0 rings (SSSR count). The Morgan fingerprint density at radius 1 is 1.33 bits per heavy atom. The molecule has 0 radical (unpaired) electrons. The van der Waals surface area contributed by atoms with Crippen molar-refractivity contribution in [1.29, 1.82) is 0 Å². The summed E-state index contributed by atoms with van der Waals surface area (Å²) in [6.07, 6.45) is 4.37. The van der Waals surface area contributed by atoms with Crippen LogP contribution < -0.4 is 0 Å². The fourth-order valence-corrected chi connectivity index (χ4v) is 0.553. The number of allylic oxidation sites excluding steroid dienone is 3. The Kier molecular flexibility index (Phi) is 4.12. The van der Waals surface area contributed by atoms with Gasteiger partial charge in [-0.05, 0) is 19.8 Å². The van der Waals surface area contributed by atoms with E-state index in [1.165, 1.54) is 11.1 Å². The molecule has 52 valence electrons. The largest absolute Gasteiger partial charge is 0.0958 e. The summed E-state index contributed by atoms with van der Waals surface area (Å²) in [5, 5.41) is 0. The maximum Gasteiger partial charge on any atom is -0.0313 e. The smallest absolute Gasteiger partial charge is 0.0313 e. The highest BCUT2D eigenvalue weighted by Crippen LogP contribution is 2.05. The van der Waals surface area contributed by atoms with Crippen LogP contribution in [-0.4, -0.2) is 0 Å². The number of rotatable bonds is 3. The van der Waals surface area contributed by atoms with Crippen LogP contribution in [-0.2, 0) is 0 Å². The van der Waals surface area contributed by atoms with Gasteiger partial charge in [-0.15, -0.1) is 0 Å². The van der Waals surface area contributed by atoms with Crippen molar-refractivity contribution < 1.29 is 0 Å². The molecule has 0 fully saturated rings. The Labute approximate surface area is 58.3 Å². The van der Waals surface area contributed by atoms with Crippen LogP contribution in [0.5, 0.6) is 0 Å². The second kappa shape index (κ2) is 4.37. The fraction of sp³-hybridized carbons (Fsp3) is 0.556. The van der Waals surface area contributed by atoms with Crippen molar-refractivity contribution in [2.75, 3.05) is 0 Å². The Hall–Kier alpha value is -0.520. The van der Waals surface area contributed by atoms with Gasteiger partial charge in [0.25, 0.3) is 0 Å². The zero-order valence-electron chi connectivity index (χ0n) is 6.70. The van der Waals surface area contributed by atoms with E-state index in [4.69, 9.17) is 0 Å². The summed E-state index contributed by atoms with van der Waals surface area (Å²) in [6.45, 7) is 10.3. The van der Waals surface area contributed by atoms with Gasteiger partial charge < -0.3 is 0 Å². The molecule has 0 N–H and O–H groups in total. The zero-order chi connectivity index (χ0) is 7.28. The average Bonchev–Trinajstić information content (AvgIpc) is 1.87. The number of hydrogen-bond donors (Lipinski definition) is 0. The van der Waals surface area contributed by atoms with Gasteiger partial charge in [-0.3, -0.25) is 0 Å². The molecule has 0 heterocycles. The Morgan fingerprint density at radius 2 is 1.89 bits per heavy atom. The molecule has 0 heteroatoms. The minimum atomic E-state index is 1.07. The van der Waals surface area contributed by atoms with Gasteiger partial charge in [0.1, 0.15) is 0 Å². The van der Waals surface area contributed by atoms with E-state index in [-0.39, 0.29) is 0 Å². The summed E-state index contributed by atoms with van der Waals surface area (Å²) >= 11 is 0. The van der Waals surface area contributed by atoms with Crippen molar-refractivity contribution >= 4 is 0 Å². The summed E-state index contributed by atoms with van der Waals surface area (Å²) in [5.74, 6) is 0. The normalized spacial score (nSPS) is 11.7. The van der Waals surface area contributed by atoms with Gasteiger partial charge >= 0.3 is 0 Å². The first-order valence-electron chi connectivity index (χ1n) is 3.55. The minimum absolute atomic E-state index is 1.07. The third kappa shape index (κ3) is 4.01. The van der Waals surface area contributed by atoms with E-state index in [0.717, 1.165) is 12.8 Å². The molecule has 0 saturated heterocycles. The molecule has 0 nitrogen and oxygen atoms in total. The Balaban J connectivity index is 3.79. The van der Waals surface area contributed by atoms with Crippen molar-refractivity contribution in [1.82, 2.24) is 0 Å². The van der Waals surface area contributed by atoms with Gasteiger partial charge in [0.05, 0.1) is 0 Å². The second-order valence-electron chi connectivity index (χ2n) is 2.36. The van der Waals surface area contributed by atoms with Crippen LogP contribution in [0.15, 0.2) is 23.8 Å². The lowest BCUT2D eigenvalue weighted by molar-refractivity contribution is 1.07. The third-order valence-corrected chi connectivity index (χ3v) is 1.46. The first-order valence-corrected chi connectivity index (χ1v) is 3.55. The molecule has 0 aromatic heterocycles. The van der Waals surface area contributed by atoms with E-state index >= 15 is 0 Å². The molecule has 0 aliphatic carbocycles. The fourth-order valence-electron chi connectivity index (χ4n) is 0.553. The second-order valence-corrected chi connectivity index (χ2v) is 2.36. The van der Waals surface area contributed by atoms with Gasteiger partial charge in [0.2, 0.25) is 0 Å². The van der Waals surface area contributed by atoms with E-state index in [2.05, 4.69) is 33.4 Å². The lowest BCUT2D eigenvalue weighted by atomic mass is 10.1. The molecule has 0 saturated carbocycles. The summed E-state index contributed by atoms with van der Waals surface area (Å²) in [7, 11) is 0. The molecule has 9 heavy (non-hydrogen) atoms. The summed E-state index contributed by atoms with van der Waals surface area (Å²) < 4.78 is 0. The first kappa shape index (κ1) is 8.48. The van der Waals surface area contributed by atoms with Gasteiger partial charge in [-0.1, -0.05) is 37.6 Å². The van der Waals surface area contributed by atoms with E-state index in [1.807, 2.05) is 0 Å². The SMILES string of the molecule is C=C(C=C(C)CC)CC. The first-order chi connectivity index (χ1) is 4.20. The maximum atomic E-state index is 3.88. The summed E-state index contributed by atoms with van der Waals surface area (Å²) in [4.78, 5) is 0. The summed E-state index contributed by atoms with van der Waals surface area (Å²) in [5.41, 5.74) is 2.65. The third-order valence-electron chi connectivity index (χ3n) is 1.46. The monoisotopic (exact) mass is 124 g/mol. The Bertz CT molecular complexity index is 118. The highest BCUT2D eigenvalue weighted by atomic mass is 13.9. The average molecular weight is 124 g/mol. The highest BCUT2D eigenvalue weighted by molar-refractivity contribution is 5.18. The van der Waals surface area contributed by atoms with E-state index in [1.54, 1.807) is 0 Å². The molecule has 0 aliphatic rings. The molecule has 0 aliphatic heterocycles. The van der Waals surface area contributed by atoms with Crippen molar-refractivity contribution in [3.05, 3.63) is 23.8 Å². The predicted molar refractivity (Wildman–Crippen MR) is 43.5 cm³/mol.